The summed E-state index contributed by atoms with van der Waals surface area (Å²) in [6.07, 6.45) is 1.43. The molecule has 1 aliphatic rings. The minimum absolute atomic E-state index is 0.279. The number of benzene rings is 2. The van der Waals surface area contributed by atoms with Crippen LogP contribution in [0.5, 0.6) is 0 Å². The maximum Gasteiger partial charge on any atom is 0.223 e. The highest BCUT2D eigenvalue weighted by Crippen LogP contribution is 2.24. The molecule has 0 aliphatic carbocycles. The Morgan fingerprint density at radius 3 is 2.28 bits per heavy atom. The number of hydrogen-bond donors (Lipinski definition) is 0. The molecular weight excluding hydrogens is 308 g/mol. The SMILES string of the molecule is Cc1ccc(CCC(=O)N2CCN(c3cccc(C)c3C)CC2)cc1. The smallest absolute Gasteiger partial charge is 0.223 e. The van der Waals surface area contributed by atoms with Crippen LogP contribution in [0.1, 0.15) is 28.7 Å². The Labute approximate surface area is 151 Å². The first kappa shape index (κ1) is 17.5. The van der Waals surface area contributed by atoms with Gasteiger partial charge in [-0.1, -0.05) is 42.0 Å². The molecule has 0 bridgehead atoms. The molecule has 3 heteroatoms. The summed E-state index contributed by atoms with van der Waals surface area (Å²) in [6.45, 7) is 9.90. The van der Waals surface area contributed by atoms with Crippen molar-refractivity contribution in [1.29, 1.82) is 0 Å². The Hall–Kier alpha value is -2.29. The molecule has 1 aliphatic heterocycles. The monoisotopic (exact) mass is 336 g/mol. The highest BCUT2D eigenvalue weighted by Gasteiger charge is 2.22. The molecule has 3 rings (SSSR count). The van der Waals surface area contributed by atoms with Gasteiger partial charge < -0.3 is 9.80 Å². The van der Waals surface area contributed by atoms with Gasteiger partial charge in [-0.25, -0.2) is 0 Å². The second-order valence-electron chi connectivity index (χ2n) is 7.07. The fourth-order valence-corrected chi connectivity index (χ4v) is 3.44. The quantitative estimate of drug-likeness (QED) is 0.845. The first-order chi connectivity index (χ1) is 12.0. The van der Waals surface area contributed by atoms with Crippen LogP contribution < -0.4 is 4.90 Å². The number of hydrogen-bond acceptors (Lipinski definition) is 2. The zero-order valence-electron chi connectivity index (χ0n) is 15.6. The number of rotatable bonds is 4. The van der Waals surface area contributed by atoms with Crippen molar-refractivity contribution in [3.05, 3.63) is 64.7 Å². The van der Waals surface area contributed by atoms with Crippen LogP contribution in [0.25, 0.3) is 0 Å². The van der Waals surface area contributed by atoms with E-state index in [0.717, 1.165) is 32.6 Å². The molecule has 0 unspecified atom stereocenters. The topological polar surface area (TPSA) is 23.6 Å². The molecule has 2 aromatic carbocycles. The molecule has 1 saturated heterocycles. The van der Waals surface area contributed by atoms with Gasteiger partial charge in [0.15, 0.2) is 0 Å². The van der Waals surface area contributed by atoms with Gasteiger partial charge in [-0.15, -0.1) is 0 Å². The third kappa shape index (κ3) is 4.22. The summed E-state index contributed by atoms with van der Waals surface area (Å²) in [6, 6.07) is 14.9. The molecule has 0 atom stereocenters. The molecule has 1 heterocycles. The summed E-state index contributed by atoms with van der Waals surface area (Å²) in [4.78, 5) is 16.9. The average molecular weight is 336 g/mol. The third-order valence-corrected chi connectivity index (χ3v) is 5.30. The van der Waals surface area contributed by atoms with Crippen molar-refractivity contribution in [2.75, 3.05) is 31.1 Å². The van der Waals surface area contributed by atoms with E-state index in [1.54, 1.807) is 0 Å². The van der Waals surface area contributed by atoms with E-state index >= 15 is 0 Å². The van der Waals surface area contributed by atoms with Gasteiger partial charge in [0.1, 0.15) is 0 Å². The van der Waals surface area contributed by atoms with E-state index in [1.165, 1.54) is 27.9 Å². The Bertz CT molecular complexity index is 728. The van der Waals surface area contributed by atoms with Crippen LogP contribution in [0.2, 0.25) is 0 Å². The van der Waals surface area contributed by atoms with Gasteiger partial charge in [0, 0.05) is 38.3 Å². The minimum atomic E-state index is 0.279. The van der Waals surface area contributed by atoms with Gasteiger partial charge in [0.25, 0.3) is 0 Å². The third-order valence-electron chi connectivity index (χ3n) is 5.30. The normalized spacial score (nSPS) is 14.7. The molecule has 132 valence electrons. The zero-order valence-corrected chi connectivity index (χ0v) is 15.6. The molecule has 3 nitrogen and oxygen atoms in total. The summed E-state index contributed by atoms with van der Waals surface area (Å²) < 4.78 is 0. The highest BCUT2D eigenvalue weighted by molar-refractivity contribution is 5.77. The zero-order chi connectivity index (χ0) is 17.8. The van der Waals surface area contributed by atoms with Crippen molar-refractivity contribution < 1.29 is 4.79 Å². The molecule has 0 N–H and O–H groups in total. The summed E-state index contributed by atoms with van der Waals surface area (Å²) in [5.74, 6) is 0.279. The van der Waals surface area contributed by atoms with Gasteiger partial charge in [0.05, 0.1) is 0 Å². The Balaban J connectivity index is 1.52. The average Bonchev–Trinajstić information content (AvgIpc) is 2.63. The van der Waals surface area contributed by atoms with E-state index < -0.39 is 0 Å². The second-order valence-corrected chi connectivity index (χ2v) is 7.07. The molecule has 1 fully saturated rings. The fourth-order valence-electron chi connectivity index (χ4n) is 3.44. The largest absolute Gasteiger partial charge is 0.368 e. The Kier molecular flexibility index (Phi) is 5.42. The molecular formula is C22H28N2O. The molecule has 1 amide bonds. The van der Waals surface area contributed by atoms with Gasteiger partial charge in [-0.3, -0.25) is 4.79 Å². The summed E-state index contributed by atoms with van der Waals surface area (Å²) in [7, 11) is 0. The lowest BCUT2D eigenvalue weighted by Gasteiger charge is -2.37. The molecule has 0 spiro atoms. The lowest BCUT2D eigenvalue weighted by Crippen LogP contribution is -2.49. The standard InChI is InChI=1S/C22H28N2O/c1-17-7-9-20(10-8-17)11-12-22(25)24-15-13-23(14-16-24)21-6-4-5-18(2)19(21)3/h4-10H,11-16H2,1-3H3. The minimum Gasteiger partial charge on any atom is -0.368 e. The van der Waals surface area contributed by atoms with E-state index in [4.69, 9.17) is 0 Å². The molecule has 0 aromatic heterocycles. The first-order valence-electron chi connectivity index (χ1n) is 9.19. The summed E-state index contributed by atoms with van der Waals surface area (Å²) in [5.41, 5.74) is 6.49. The lowest BCUT2D eigenvalue weighted by atomic mass is 10.1. The van der Waals surface area contributed by atoms with E-state index in [0.29, 0.717) is 6.42 Å². The van der Waals surface area contributed by atoms with E-state index in [9.17, 15) is 4.79 Å². The maximum atomic E-state index is 12.5. The van der Waals surface area contributed by atoms with Gasteiger partial charge in [-0.05, 0) is 49.9 Å². The van der Waals surface area contributed by atoms with E-state index in [2.05, 4.69) is 68.1 Å². The van der Waals surface area contributed by atoms with Crippen molar-refractivity contribution in [2.24, 2.45) is 0 Å². The predicted octanol–water partition coefficient (Wildman–Crippen LogP) is 3.89. The van der Waals surface area contributed by atoms with Gasteiger partial charge >= 0.3 is 0 Å². The molecule has 2 aromatic rings. The number of nitrogens with zero attached hydrogens (tertiary/aromatic N) is 2. The van der Waals surface area contributed by atoms with Crippen molar-refractivity contribution >= 4 is 11.6 Å². The van der Waals surface area contributed by atoms with Crippen LogP contribution in [-0.2, 0) is 11.2 Å². The molecule has 0 radical (unpaired) electrons. The van der Waals surface area contributed by atoms with E-state index in [1.807, 2.05) is 4.90 Å². The van der Waals surface area contributed by atoms with E-state index in [-0.39, 0.29) is 5.91 Å². The number of aryl methyl sites for hydroxylation is 3. The Morgan fingerprint density at radius 1 is 0.920 bits per heavy atom. The van der Waals surface area contributed by atoms with Crippen molar-refractivity contribution in [1.82, 2.24) is 4.90 Å². The summed E-state index contributed by atoms with van der Waals surface area (Å²) >= 11 is 0. The second kappa shape index (κ2) is 7.73. The predicted molar refractivity (Wildman–Crippen MR) is 104 cm³/mol. The van der Waals surface area contributed by atoms with Crippen LogP contribution in [-0.4, -0.2) is 37.0 Å². The van der Waals surface area contributed by atoms with Crippen molar-refractivity contribution in [3.63, 3.8) is 0 Å². The van der Waals surface area contributed by atoms with Gasteiger partial charge in [-0.2, -0.15) is 0 Å². The Morgan fingerprint density at radius 2 is 1.60 bits per heavy atom. The number of piperazine rings is 1. The van der Waals surface area contributed by atoms with Crippen LogP contribution in [0, 0.1) is 20.8 Å². The number of anilines is 1. The lowest BCUT2D eigenvalue weighted by molar-refractivity contribution is -0.131. The number of carbonyl (C=O) groups is 1. The van der Waals surface area contributed by atoms with Crippen molar-refractivity contribution in [2.45, 2.75) is 33.6 Å². The van der Waals surface area contributed by atoms with Crippen LogP contribution in [0.3, 0.4) is 0 Å². The summed E-state index contributed by atoms with van der Waals surface area (Å²) in [5, 5.41) is 0. The number of carbonyl (C=O) groups excluding carboxylic acids is 1. The first-order valence-corrected chi connectivity index (χ1v) is 9.19. The fraction of sp³-hybridized carbons (Fsp3) is 0.409. The van der Waals surface area contributed by atoms with Gasteiger partial charge in [0.2, 0.25) is 5.91 Å². The van der Waals surface area contributed by atoms with Crippen LogP contribution >= 0.6 is 0 Å². The van der Waals surface area contributed by atoms with Crippen LogP contribution in [0.15, 0.2) is 42.5 Å². The number of amides is 1. The van der Waals surface area contributed by atoms with Crippen molar-refractivity contribution in [3.8, 4) is 0 Å². The molecule has 0 saturated carbocycles. The molecule has 25 heavy (non-hydrogen) atoms. The highest BCUT2D eigenvalue weighted by atomic mass is 16.2. The van der Waals surface area contributed by atoms with Crippen LogP contribution in [0.4, 0.5) is 5.69 Å². The maximum absolute atomic E-state index is 12.5.